The van der Waals surface area contributed by atoms with E-state index in [-0.39, 0.29) is 11.8 Å². The molecule has 0 aliphatic carbocycles. The smallest absolute Gasteiger partial charge is 0.406 e. The summed E-state index contributed by atoms with van der Waals surface area (Å²) < 4.78 is 40.6. The van der Waals surface area contributed by atoms with E-state index in [1.807, 2.05) is 6.08 Å². The fourth-order valence-electron chi connectivity index (χ4n) is 2.72. The Kier molecular flexibility index (Phi) is 5.85. The lowest BCUT2D eigenvalue weighted by Crippen LogP contribution is -2.45. The molecule has 0 amide bonds. The Balaban J connectivity index is 2.10. The molecule has 2 rings (SSSR count). The van der Waals surface area contributed by atoms with Crippen LogP contribution in [0.4, 0.5) is 13.2 Å². The monoisotopic (exact) mass is 314 g/mol. The topological polar surface area (TPSA) is 24.5 Å². The molecule has 0 bridgehead atoms. The van der Waals surface area contributed by atoms with Crippen molar-refractivity contribution in [3.05, 3.63) is 42.5 Å². The van der Waals surface area contributed by atoms with Crippen LogP contribution in [-0.4, -0.2) is 37.4 Å². The SMILES string of the molecule is C=CCC[C@@H](c1ccc(OC(F)(F)F)cc1)N1CCNCC1. The molecule has 1 aliphatic heterocycles. The van der Waals surface area contributed by atoms with Crippen LogP contribution in [0.3, 0.4) is 0 Å². The van der Waals surface area contributed by atoms with Crippen molar-refractivity contribution in [2.45, 2.75) is 25.2 Å². The molecule has 1 atom stereocenters. The van der Waals surface area contributed by atoms with Crippen LogP contribution in [0, 0.1) is 0 Å². The van der Waals surface area contributed by atoms with Gasteiger partial charge in [-0.3, -0.25) is 4.90 Å². The number of hydrogen-bond donors (Lipinski definition) is 1. The van der Waals surface area contributed by atoms with E-state index in [4.69, 9.17) is 0 Å². The van der Waals surface area contributed by atoms with Gasteiger partial charge in [0.25, 0.3) is 0 Å². The first kappa shape index (κ1) is 16.8. The molecular formula is C16H21F3N2O. The molecule has 1 fully saturated rings. The second-order valence-corrected chi connectivity index (χ2v) is 5.28. The average molecular weight is 314 g/mol. The van der Waals surface area contributed by atoms with Crippen LogP contribution in [0.1, 0.15) is 24.4 Å². The molecule has 0 spiro atoms. The van der Waals surface area contributed by atoms with Crippen LogP contribution in [0.2, 0.25) is 0 Å². The molecule has 6 heteroatoms. The molecule has 1 aromatic rings. The van der Waals surface area contributed by atoms with Gasteiger partial charge in [0, 0.05) is 32.2 Å². The molecule has 22 heavy (non-hydrogen) atoms. The van der Waals surface area contributed by atoms with Crippen molar-refractivity contribution in [1.29, 1.82) is 0 Å². The van der Waals surface area contributed by atoms with Gasteiger partial charge in [0.15, 0.2) is 0 Å². The predicted molar refractivity (Wildman–Crippen MR) is 79.7 cm³/mol. The summed E-state index contributed by atoms with van der Waals surface area (Å²) in [6.45, 7) is 7.48. The molecule has 1 N–H and O–H groups in total. The molecule has 1 heterocycles. The van der Waals surface area contributed by atoms with Crippen LogP contribution in [-0.2, 0) is 0 Å². The Hall–Kier alpha value is -1.53. The second kappa shape index (κ2) is 7.65. The van der Waals surface area contributed by atoms with Crippen LogP contribution in [0.5, 0.6) is 5.75 Å². The lowest BCUT2D eigenvalue weighted by molar-refractivity contribution is -0.274. The van der Waals surface area contributed by atoms with Gasteiger partial charge >= 0.3 is 6.36 Å². The highest BCUT2D eigenvalue weighted by Gasteiger charge is 2.31. The minimum atomic E-state index is -4.65. The second-order valence-electron chi connectivity index (χ2n) is 5.28. The van der Waals surface area contributed by atoms with Gasteiger partial charge < -0.3 is 10.1 Å². The van der Waals surface area contributed by atoms with Crippen molar-refractivity contribution in [2.75, 3.05) is 26.2 Å². The molecule has 0 aromatic heterocycles. The molecule has 3 nitrogen and oxygen atoms in total. The highest BCUT2D eigenvalue weighted by molar-refractivity contribution is 5.29. The van der Waals surface area contributed by atoms with Gasteiger partial charge in [-0.05, 0) is 30.5 Å². The number of rotatable bonds is 6. The number of hydrogen-bond acceptors (Lipinski definition) is 3. The number of allylic oxidation sites excluding steroid dienone is 1. The number of nitrogens with zero attached hydrogens (tertiary/aromatic N) is 1. The average Bonchev–Trinajstić information content (AvgIpc) is 2.49. The van der Waals surface area contributed by atoms with Crippen molar-refractivity contribution < 1.29 is 17.9 Å². The van der Waals surface area contributed by atoms with Gasteiger partial charge in [0.05, 0.1) is 0 Å². The third-order valence-electron chi connectivity index (χ3n) is 3.74. The third kappa shape index (κ3) is 5.03. The molecule has 122 valence electrons. The van der Waals surface area contributed by atoms with E-state index < -0.39 is 6.36 Å². The number of benzene rings is 1. The zero-order chi connectivity index (χ0) is 16.0. The first-order valence-corrected chi connectivity index (χ1v) is 7.41. The quantitative estimate of drug-likeness (QED) is 0.813. The van der Waals surface area contributed by atoms with Crippen molar-refractivity contribution in [3.63, 3.8) is 0 Å². The summed E-state index contributed by atoms with van der Waals surface area (Å²) in [5.41, 5.74) is 1.01. The van der Waals surface area contributed by atoms with Gasteiger partial charge in [-0.25, -0.2) is 0 Å². The van der Waals surface area contributed by atoms with Crippen molar-refractivity contribution in [1.82, 2.24) is 10.2 Å². The van der Waals surface area contributed by atoms with Gasteiger partial charge in [-0.15, -0.1) is 19.8 Å². The summed E-state index contributed by atoms with van der Waals surface area (Å²) in [5.74, 6) is -0.181. The zero-order valence-corrected chi connectivity index (χ0v) is 12.4. The minimum absolute atomic E-state index is 0.181. The zero-order valence-electron chi connectivity index (χ0n) is 12.4. The summed E-state index contributed by atoms with van der Waals surface area (Å²) in [5, 5.41) is 3.31. The molecule has 0 radical (unpaired) electrons. The van der Waals surface area contributed by atoms with Crippen LogP contribution in [0.15, 0.2) is 36.9 Å². The van der Waals surface area contributed by atoms with E-state index >= 15 is 0 Å². The van der Waals surface area contributed by atoms with Crippen molar-refractivity contribution in [2.24, 2.45) is 0 Å². The van der Waals surface area contributed by atoms with Crippen molar-refractivity contribution >= 4 is 0 Å². The predicted octanol–water partition coefficient (Wildman–Crippen LogP) is 3.50. The summed E-state index contributed by atoms with van der Waals surface area (Å²) in [6.07, 6.45) is -1.00. The highest BCUT2D eigenvalue weighted by Crippen LogP contribution is 2.29. The Morgan fingerprint density at radius 1 is 1.23 bits per heavy atom. The Bertz CT molecular complexity index is 467. The first-order chi connectivity index (χ1) is 10.5. The van der Waals surface area contributed by atoms with Gasteiger partial charge in [0.1, 0.15) is 5.75 Å². The van der Waals surface area contributed by atoms with Crippen molar-refractivity contribution in [3.8, 4) is 5.75 Å². The van der Waals surface area contributed by atoms with Gasteiger partial charge in [-0.1, -0.05) is 18.2 Å². The summed E-state index contributed by atoms with van der Waals surface area (Å²) in [6, 6.07) is 6.39. The normalized spacial score (nSPS) is 18.0. The maximum atomic E-state index is 12.2. The highest BCUT2D eigenvalue weighted by atomic mass is 19.4. The number of halogens is 3. The third-order valence-corrected chi connectivity index (χ3v) is 3.74. The fourth-order valence-corrected chi connectivity index (χ4v) is 2.72. The van der Waals surface area contributed by atoms with E-state index in [1.54, 1.807) is 12.1 Å². The maximum Gasteiger partial charge on any atom is 0.573 e. The number of nitrogens with one attached hydrogen (secondary N) is 1. The Morgan fingerprint density at radius 2 is 1.86 bits per heavy atom. The van der Waals surface area contributed by atoms with Crippen LogP contribution < -0.4 is 10.1 Å². The lowest BCUT2D eigenvalue weighted by atomic mass is 9.99. The van der Waals surface area contributed by atoms with Gasteiger partial charge in [-0.2, -0.15) is 0 Å². The minimum Gasteiger partial charge on any atom is -0.406 e. The summed E-state index contributed by atoms with van der Waals surface area (Å²) in [4.78, 5) is 2.36. The van der Waals surface area contributed by atoms with E-state index in [1.165, 1.54) is 12.1 Å². The molecule has 0 unspecified atom stereocenters. The molecule has 0 saturated carbocycles. The largest absolute Gasteiger partial charge is 0.573 e. The first-order valence-electron chi connectivity index (χ1n) is 7.41. The summed E-state index contributed by atoms with van der Waals surface area (Å²) >= 11 is 0. The van der Waals surface area contributed by atoms with E-state index in [0.717, 1.165) is 44.6 Å². The van der Waals surface area contributed by atoms with Crippen LogP contribution >= 0.6 is 0 Å². The van der Waals surface area contributed by atoms with Crippen LogP contribution in [0.25, 0.3) is 0 Å². The molecule has 1 aromatic carbocycles. The van der Waals surface area contributed by atoms with Gasteiger partial charge in [0.2, 0.25) is 0 Å². The summed E-state index contributed by atoms with van der Waals surface area (Å²) in [7, 11) is 0. The Labute approximate surface area is 128 Å². The molecular weight excluding hydrogens is 293 g/mol. The fraction of sp³-hybridized carbons (Fsp3) is 0.500. The number of alkyl halides is 3. The molecule has 1 saturated heterocycles. The standard InChI is InChI=1S/C16H21F3N2O/c1-2-3-4-15(21-11-9-20-10-12-21)13-5-7-14(8-6-13)22-16(17,18)19/h2,5-8,15,20H,1,3-4,9-12H2/t15-/m0/s1. The maximum absolute atomic E-state index is 12.2. The molecule has 1 aliphatic rings. The van der Waals surface area contributed by atoms with E-state index in [9.17, 15) is 13.2 Å². The number of piperazine rings is 1. The lowest BCUT2D eigenvalue weighted by Gasteiger charge is -2.35. The number of ether oxygens (including phenoxy) is 1. The van der Waals surface area contributed by atoms with E-state index in [0.29, 0.717) is 0 Å². The Morgan fingerprint density at radius 3 is 2.41 bits per heavy atom. The van der Waals surface area contributed by atoms with E-state index in [2.05, 4.69) is 21.5 Å².